The van der Waals surface area contributed by atoms with Crippen molar-refractivity contribution in [1.82, 2.24) is 9.88 Å². The van der Waals surface area contributed by atoms with Gasteiger partial charge in [0.25, 0.3) is 0 Å². The van der Waals surface area contributed by atoms with Crippen LogP contribution >= 0.6 is 0 Å². The number of benzene rings is 1. The molecule has 5 heteroatoms. The maximum Gasteiger partial charge on any atom is 0.234 e. The Bertz CT molecular complexity index is 707. The van der Waals surface area contributed by atoms with Gasteiger partial charge in [-0.05, 0) is 18.4 Å². The van der Waals surface area contributed by atoms with E-state index in [4.69, 9.17) is 4.42 Å². The maximum absolute atomic E-state index is 9.43. The molecule has 0 atom stereocenters. The minimum atomic E-state index is 0.292. The molecule has 2 aromatic rings. The third-order valence-electron chi connectivity index (χ3n) is 4.98. The largest absolute Gasteiger partial charge is 0.423 e. The van der Waals surface area contributed by atoms with E-state index in [0.29, 0.717) is 23.4 Å². The lowest BCUT2D eigenvalue weighted by Gasteiger charge is -2.34. The zero-order valence-electron chi connectivity index (χ0n) is 15.1. The van der Waals surface area contributed by atoms with Crippen LogP contribution in [0.25, 0.3) is 0 Å². The number of nitrogens with zero attached hydrogens (tertiary/aromatic N) is 4. The van der Waals surface area contributed by atoms with E-state index in [-0.39, 0.29) is 0 Å². The van der Waals surface area contributed by atoms with Crippen LogP contribution in [0.5, 0.6) is 0 Å². The molecule has 0 radical (unpaired) electrons. The van der Waals surface area contributed by atoms with Crippen molar-refractivity contribution >= 4 is 5.88 Å². The standard InChI is InChI=1S/C20H26N4O/c1-3-17(4-2)19-22-18(14-21)20(25-19)24-12-10-23(11-13-24)15-16-8-6-5-7-9-16/h5-9,17H,3-4,10-13,15H2,1-2H3. The van der Waals surface area contributed by atoms with Crippen LogP contribution in [0.2, 0.25) is 0 Å². The van der Waals surface area contributed by atoms with E-state index in [1.54, 1.807) is 0 Å². The van der Waals surface area contributed by atoms with E-state index in [0.717, 1.165) is 45.6 Å². The summed E-state index contributed by atoms with van der Waals surface area (Å²) < 4.78 is 6.02. The molecular weight excluding hydrogens is 312 g/mol. The van der Waals surface area contributed by atoms with Gasteiger partial charge in [0.2, 0.25) is 17.5 Å². The topological polar surface area (TPSA) is 56.3 Å². The van der Waals surface area contributed by atoms with E-state index in [9.17, 15) is 5.26 Å². The zero-order valence-corrected chi connectivity index (χ0v) is 15.1. The van der Waals surface area contributed by atoms with Crippen molar-refractivity contribution in [2.24, 2.45) is 0 Å². The molecule has 1 aliphatic rings. The highest BCUT2D eigenvalue weighted by Crippen LogP contribution is 2.30. The number of oxazole rings is 1. The number of hydrogen-bond acceptors (Lipinski definition) is 5. The van der Waals surface area contributed by atoms with Crippen molar-refractivity contribution in [3.05, 3.63) is 47.5 Å². The lowest BCUT2D eigenvalue weighted by atomic mass is 10.0. The number of anilines is 1. The van der Waals surface area contributed by atoms with Crippen molar-refractivity contribution in [1.29, 1.82) is 5.26 Å². The van der Waals surface area contributed by atoms with Crippen LogP contribution in [-0.4, -0.2) is 36.1 Å². The Balaban J connectivity index is 1.65. The van der Waals surface area contributed by atoms with Gasteiger partial charge in [-0.15, -0.1) is 0 Å². The summed E-state index contributed by atoms with van der Waals surface area (Å²) in [5.74, 6) is 1.66. The number of aromatic nitrogens is 1. The fourth-order valence-corrected chi connectivity index (χ4v) is 3.38. The summed E-state index contributed by atoms with van der Waals surface area (Å²) in [6.07, 6.45) is 1.96. The molecular formula is C20H26N4O. The van der Waals surface area contributed by atoms with Crippen LogP contribution in [0, 0.1) is 11.3 Å². The molecule has 132 valence electrons. The molecule has 0 unspecified atom stereocenters. The highest BCUT2D eigenvalue weighted by atomic mass is 16.4. The molecule has 1 saturated heterocycles. The molecule has 1 fully saturated rings. The van der Waals surface area contributed by atoms with Crippen molar-refractivity contribution < 1.29 is 4.42 Å². The molecule has 0 N–H and O–H groups in total. The fourth-order valence-electron chi connectivity index (χ4n) is 3.38. The third-order valence-corrected chi connectivity index (χ3v) is 4.98. The molecule has 0 aliphatic carbocycles. The molecule has 0 saturated carbocycles. The smallest absolute Gasteiger partial charge is 0.234 e. The highest BCUT2D eigenvalue weighted by molar-refractivity contribution is 5.48. The van der Waals surface area contributed by atoms with Crippen molar-refractivity contribution in [2.75, 3.05) is 31.1 Å². The van der Waals surface area contributed by atoms with Gasteiger partial charge in [0, 0.05) is 38.6 Å². The van der Waals surface area contributed by atoms with E-state index in [2.05, 4.69) is 59.0 Å². The average molecular weight is 338 g/mol. The Hall–Kier alpha value is -2.32. The van der Waals surface area contributed by atoms with Crippen molar-refractivity contribution in [3.63, 3.8) is 0 Å². The van der Waals surface area contributed by atoms with E-state index in [1.165, 1.54) is 5.56 Å². The molecule has 2 heterocycles. The molecule has 25 heavy (non-hydrogen) atoms. The summed E-state index contributed by atoms with van der Waals surface area (Å²) in [6, 6.07) is 12.7. The predicted octanol–water partition coefficient (Wildman–Crippen LogP) is 3.77. The molecule has 0 spiro atoms. The minimum Gasteiger partial charge on any atom is -0.423 e. The fraction of sp³-hybridized carbons (Fsp3) is 0.500. The molecule has 0 amide bonds. The predicted molar refractivity (Wildman–Crippen MR) is 98.5 cm³/mol. The Kier molecular flexibility index (Phi) is 5.72. The Morgan fingerprint density at radius 1 is 1.12 bits per heavy atom. The molecule has 1 aliphatic heterocycles. The van der Waals surface area contributed by atoms with Gasteiger partial charge in [-0.2, -0.15) is 5.26 Å². The summed E-state index contributed by atoms with van der Waals surface area (Å²) in [4.78, 5) is 9.06. The number of hydrogen-bond donors (Lipinski definition) is 0. The first-order chi connectivity index (χ1) is 12.2. The normalized spacial score (nSPS) is 15.5. The van der Waals surface area contributed by atoms with Gasteiger partial charge in [-0.25, -0.2) is 4.98 Å². The molecule has 5 nitrogen and oxygen atoms in total. The van der Waals surface area contributed by atoms with Crippen LogP contribution in [-0.2, 0) is 6.54 Å². The maximum atomic E-state index is 9.43. The van der Waals surface area contributed by atoms with Crippen LogP contribution in [0.4, 0.5) is 5.88 Å². The van der Waals surface area contributed by atoms with E-state index >= 15 is 0 Å². The van der Waals surface area contributed by atoms with Gasteiger partial charge in [-0.3, -0.25) is 4.90 Å². The molecule has 1 aromatic carbocycles. The first kappa shape index (κ1) is 17.5. The quantitative estimate of drug-likeness (QED) is 0.802. The van der Waals surface area contributed by atoms with Gasteiger partial charge >= 0.3 is 0 Å². The van der Waals surface area contributed by atoms with Gasteiger partial charge in [0.15, 0.2) is 0 Å². The number of nitriles is 1. The van der Waals surface area contributed by atoms with Crippen LogP contribution in [0.15, 0.2) is 34.7 Å². The van der Waals surface area contributed by atoms with E-state index < -0.39 is 0 Å². The van der Waals surface area contributed by atoms with Gasteiger partial charge in [0.05, 0.1) is 0 Å². The van der Waals surface area contributed by atoms with Crippen LogP contribution in [0.1, 0.15) is 49.8 Å². The highest BCUT2D eigenvalue weighted by Gasteiger charge is 2.26. The Morgan fingerprint density at radius 2 is 1.80 bits per heavy atom. The number of piperazine rings is 1. The Labute approximate surface area is 149 Å². The second-order valence-electron chi connectivity index (χ2n) is 6.58. The first-order valence-corrected chi connectivity index (χ1v) is 9.17. The van der Waals surface area contributed by atoms with Crippen LogP contribution < -0.4 is 4.90 Å². The summed E-state index contributed by atoms with van der Waals surface area (Å²) >= 11 is 0. The van der Waals surface area contributed by atoms with Gasteiger partial charge < -0.3 is 9.32 Å². The Morgan fingerprint density at radius 3 is 2.40 bits per heavy atom. The van der Waals surface area contributed by atoms with Gasteiger partial charge in [-0.1, -0.05) is 44.2 Å². The summed E-state index contributed by atoms with van der Waals surface area (Å²) in [5.41, 5.74) is 1.77. The van der Waals surface area contributed by atoms with Gasteiger partial charge in [0.1, 0.15) is 6.07 Å². The second-order valence-corrected chi connectivity index (χ2v) is 6.58. The van der Waals surface area contributed by atoms with E-state index in [1.807, 2.05) is 6.07 Å². The second kappa shape index (κ2) is 8.17. The molecule has 0 bridgehead atoms. The third kappa shape index (κ3) is 4.02. The number of rotatable bonds is 6. The summed E-state index contributed by atoms with van der Waals surface area (Å²) in [6.45, 7) is 8.87. The lowest BCUT2D eigenvalue weighted by Crippen LogP contribution is -2.46. The monoisotopic (exact) mass is 338 g/mol. The van der Waals surface area contributed by atoms with Crippen LogP contribution in [0.3, 0.4) is 0 Å². The SMILES string of the molecule is CCC(CC)c1nc(C#N)c(N2CCN(Cc3ccccc3)CC2)o1. The average Bonchev–Trinajstić information content (AvgIpc) is 3.08. The molecule has 1 aromatic heterocycles. The minimum absolute atomic E-state index is 0.292. The first-order valence-electron chi connectivity index (χ1n) is 9.17. The summed E-state index contributed by atoms with van der Waals surface area (Å²) in [5, 5.41) is 9.43. The zero-order chi connectivity index (χ0) is 17.6. The summed E-state index contributed by atoms with van der Waals surface area (Å²) in [7, 11) is 0. The van der Waals surface area contributed by atoms with Crippen molar-refractivity contribution in [2.45, 2.75) is 39.2 Å². The lowest BCUT2D eigenvalue weighted by molar-refractivity contribution is 0.245. The molecule has 3 rings (SSSR count). The van der Waals surface area contributed by atoms with Crippen molar-refractivity contribution in [3.8, 4) is 6.07 Å².